The standard InChI is InChI=1S/C21H21N3O2/c1-13-22-20-19(21(25)23(13)2)18-15(17(18)16-9-6-10-26-16)12-24(20)11-14-7-4-3-5-8-14/h3-10,15,17-18H,11-12H2,1-2H3/t15-,17+,18-/m0/s1. The zero-order valence-corrected chi connectivity index (χ0v) is 14.9. The van der Waals surface area contributed by atoms with Crippen molar-refractivity contribution in [3.8, 4) is 0 Å². The number of hydrogen-bond donors (Lipinski definition) is 0. The first-order valence-electron chi connectivity index (χ1n) is 9.05. The largest absolute Gasteiger partial charge is 0.469 e. The summed E-state index contributed by atoms with van der Waals surface area (Å²) in [5, 5.41) is 0. The van der Waals surface area contributed by atoms with Gasteiger partial charge in [-0.25, -0.2) is 4.98 Å². The van der Waals surface area contributed by atoms with Gasteiger partial charge in [-0.2, -0.15) is 0 Å². The quantitative estimate of drug-likeness (QED) is 0.730. The molecule has 0 radical (unpaired) electrons. The molecule has 0 amide bonds. The predicted molar refractivity (Wildman–Crippen MR) is 99.4 cm³/mol. The van der Waals surface area contributed by atoms with Crippen LogP contribution in [0.4, 0.5) is 5.82 Å². The molecule has 2 aliphatic rings. The van der Waals surface area contributed by atoms with E-state index in [1.54, 1.807) is 17.9 Å². The molecule has 1 fully saturated rings. The van der Waals surface area contributed by atoms with Crippen molar-refractivity contribution in [2.45, 2.75) is 25.3 Å². The maximum absolute atomic E-state index is 13.1. The van der Waals surface area contributed by atoms with Crippen LogP contribution >= 0.6 is 0 Å². The van der Waals surface area contributed by atoms with E-state index in [1.807, 2.05) is 25.1 Å². The molecule has 0 unspecified atom stereocenters. The van der Waals surface area contributed by atoms with Gasteiger partial charge < -0.3 is 9.32 Å². The lowest BCUT2D eigenvalue weighted by molar-refractivity contribution is 0.502. The van der Waals surface area contributed by atoms with Crippen molar-refractivity contribution in [1.82, 2.24) is 9.55 Å². The Morgan fingerprint density at radius 2 is 1.96 bits per heavy atom. The molecule has 132 valence electrons. The van der Waals surface area contributed by atoms with Gasteiger partial charge in [-0.05, 0) is 30.5 Å². The molecule has 1 aromatic carbocycles. The molecule has 0 saturated heterocycles. The monoisotopic (exact) mass is 347 g/mol. The van der Waals surface area contributed by atoms with Gasteiger partial charge in [0.2, 0.25) is 0 Å². The summed E-state index contributed by atoms with van der Waals surface area (Å²) < 4.78 is 7.33. The van der Waals surface area contributed by atoms with E-state index in [4.69, 9.17) is 9.40 Å². The van der Waals surface area contributed by atoms with Crippen LogP contribution in [0.1, 0.15) is 34.5 Å². The van der Waals surface area contributed by atoms with Crippen LogP contribution in [0.25, 0.3) is 0 Å². The van der Waals surface area contributed by atoms with Crippen molar-refractivity contribution >= 4 is 5.82 Å². The minimum Gasteiger partial charge on any atom is -0.469 e. The summed E-state index contributed by atoms with van der Waals surface area (Å²) in [5.74, 6) is 3.49. The molecule has 3 atom stereocenters. The molecule has 2 aromatic heterocycles. The molecule has 0 bridgehead atoms. The van der Waals surface area contributed by atoms with E-state index in [0.29, 0.717) is 5.92 Å². The Morgan fingerprint density at radius 1 is 1.15 bits per heavy atom. The van der Waals surface area contributed by atoms with Crippen LogP contribution in [0.3, 0.4) is 0 Å². The first-order valence-corrected chi connectivity index (χ1v) is 9.05. The summed E-state index contributed by atoms with van der Waals surface area (Å²) in [6.45, 7) is 3.56. The molecule has 5 heteroatoms. The number of anilines is 1. The SMILES string of the molecule is Cc1nc2c(c(=O)n1C)[C@H]1[C@@H](CN2Cc2ccccc2)[C@@H]1c1ccco1. The first kappa shape index (κ1) is 15.4. The third-order valence-electron chi connectivity index (χ3n) is 5.85. The molecule has 0 N–H and O–H groups in total. The van der Waals surface area contributed by atoms with Gasteiger partial charge in [0.15, 0.2) is 0 Å². The topological polar surface area (TPSA) is 51.3 Å². The Bertz CT molecular complexity index is 1010. The fourth-order valence-electron chi connectivity index (χ4n) is 4.39. The average molecular weight is 347 g/mol. The van der Waals surface area contributed by atoms with Crippen LogP contribution in [0, 0.1) is 12.8 Å². The molecular formula is C21H21N3O2. The maximum Gasteiger partial charge on any atom is 0.258 e. The predicted octanol–water partition coefficient (Wildman–Crippen LogP) is 3.20. The number of benzene rings is 1. The number of furan rings is 1. The van der Waals surface area contributed by atoms with E-state index < -0.39 is 0 Å². The molecule has 3 heterocycles. The molecule has 1 saturated carbocycles. The smallest absolute Gasteiger partial charge is 0.258 e. The van der Waals surface area contributed by atoms with Gasteiger partial charge in [-0.1, -0.05) is 30.3 Å². The highest BCUT2D eigenvalue weighted by atomic mass is 16.3. The van der Waals surface area contributed by atoms with Gasteiger partial charge in [0, 0.05) is 32.0 Å². The summed E-state index contributed by atoms with van der Waals surface area (Å²) in [5.41, 5.74) is 2.16. The van der Waals surface area contributed by atoms with Crippen LogP contribution in [0.5, 0.6) is 0 Å². The zero-order chi connectivity index (χ0) is 17.8. The van der Waals surface area contributed by atoms with Crippen LogP contribution in [-0.4, -0.2) is 16.1 Å². The first-order chi connectivity index (χ1) is 12.6. The second-order valence-electron chi connectivity index (χ2n) is 7.36. The van der Waals surface area contributed by atoms with Gasteiger partial charge in [0.05, 0.1) is 11.8 Å². The van der Waals surface area contributed by atoms with E-state index in [-0.39, 0.29) is 17.4 Å². The molecular weight excluding hydrogens is 326 g/mol. The minimum absolute atomic E-state index is 0.0781. The Balaban J connectivity index is 1.60. The highest BCUT2D eigenvalue weighted by molar-refractivity contribution is 5.57. The second-order valence-corrected chi connectivity index (χ2v) is 7.36. The molecule has 5 nitrogen and oxygen atoms in total. The van der Waals surface area contributed by atoms with Crippen molar-refractivity contribution < 1.29 is 4.42 Å². The lowest BCUT2D eigenvalue weighted by Crippen LogP contribution is -2.36. The molecule has 26 heavy (non-hydrogen) atoms. The van der Waals surface area contributed by atoms with Crippen molar-refractivity contribution in [2.75, 3.05) is 11.4 Å². The van der Waals surface area contributed by atoms with Crippen molar-refractivity contribution in [2.24, 2.45) is 13.0 Å². The van der Waals surface area contributed by atoms with Gasteiger partial charge in [-0.3, -0.25) is 9.36 Å². The Hall–Kier alpha value is -2.82. The normalized spacial score (nSPS) is 23.5. The van der Waals surface area contributed by atoms with Crippen LogP contribution < -0.4 is 10.5 Å². The fraction of sp³-hybridized carbons (Fsp3) is 0.333. The average Bonchev–Trinajstić information content (AvgIpc) is 3.10. The van der Waals surface area contributed by atoms with Crippen LogP contribution in [0.15, 0.2) is 57.9 Å². The van der Waals surface area contributed by atoms with E-state index in [2.05, 4.69) is 29.2 Å². The Labute approximate surface area is 151 Å². The summed E-state index contributed by atoms with van der Waals surface area (Å²) in [6, 6.07) is 14.3. The maximum atomic E-state index is 13.1. The van der Waals surface area contributed by atoms with Gasteiger partial charge >= 0.3 is 0 Å². The Kier molecular flexibility index (Phi) is 3.32. The summed E-state index contributed by atoms with van der Waals surface area (Å²) in [7, 11) is 1.81. The van der Waals surface area contributed by atoms with Crippen molar-refractivity contribution in [3.05, 3.63) is 81.8 Å². The van der Waals surface area contributed by atoms with E-state index in [9.17, 15) is 4.79 Å². The van der Waals surface area contributed by atoms with E-state index in [1.165, 1.54) is 5.56 Å². The van der Waals surface area contributed by atoms with Crippen molar-refractivity contribution in [1.29, 1.82) is 0 Å². The summed E-state index contributed by atoms with van der Waals surface area (Å²) in [4.78, 5) is 20.1. The van der Waals surface area contributed by atoms with E-state index >= 15 is 0 Å². The highest BCUT2D eigenvalue weighted by Crippen LogP contribution is 2.63. The highest BCUT2D eigenvalue weighted by Gasteiger charge is 2.59. The minimum atomic E-state index is 0.0781. The number of rotatable bonds is 3. The van der Waals surface area contributed by atoms with E-state index in [0.717, 1.165) is 36.1 Å². The molecule has 3 aromatic rings. The van der Waals surface area contributed by atoms with Crippen molar-refractivity contribution in [3.63, 3.8) is 0 Å². The number of hydrogen-bond acceptors (Lipinski definition) is 4. The molecule has 1 aliphatic carbocycles. The second kappa shape index (κ2) is 5.59. The van der Waals surface area contributed by atoms with Gasteiger partial charge in [0.1, 0.15) is 17.4 Å². The number of nitrogens with zero attached hydrogens (tertiary/aromatic N) is 3. The van der Waals surface area contributed by atoms with Crippen LogP contribution in [0.2, 0.25) is 0 Å². The van der Waals surface area contributed by atoms with Gasteiger partial charge in [-0.15, -0.1) is 0 Å². The lowest BCUT2D eigenvalue weighted by Gasteiger charge is -2.30. The molecule has 1 aliphatic heterocycles. The summed E-state index contributed by atoms with van der Waals surface area (Å²) >= 11 is 0. The molecule has 0 spiro atoms. The fourth-order valence-corrected chi connectivity index (χ4v) is 4.39. The molecule has 5 rings (SSSR count). The third-order valence-corrected chi connectivity index (χ3v) is 5.85. The van der Waals surface area contributed by atoms with Crippen LogP contribution in [-0.2, 0) is 13.6 Å². The number of fused-ring (bicyclic) bond motifs is 3. The number of aryl methyl sites for hydroxylation is 1. The number of aromatic nitrogens is 2. The zero-order valence-electron chi connectivity index (χ0n) is 14.9. The lowest BCUT2D eigenvalue weighted by atomic mass is 10.1. The summed E-state index contributed by atoms with van der Waals surface area (Å²) in [6.07, 6.45) is 1.72. The Morgan fingerprint density at radius 3 is 2.69 bits per heavy atom. The third kappa shape index (κ3) is 2.23. The van der Waals surface area contributed by atoms with Gasteiger partial charge in [0.25, 0.3) is 5.56 Å².